The molecule has 120 valence electrons. The molecular weight excluding hydrogens is 268 g/mol. The molecule has 2 unspecified atom stereocenters. The number of aliphatic carboxylic acids is 1. The zero-order valence-corrected chi connectivity index (χ0v) is 13.4. The van der Waals surface area contributed by atoms with Gasteiger partial charge in [-0.1, -0.05) is 13.8 Å². The molecule has 2 aliphatic rings. The van der Waals surface area contributed by atoms with E-state index in [9.17, 15) is 14.7 Å². The highest BCUT2D eigenvalue weighted by Crippen LogP contribution is 2.33. The molecule has 1 aliphatic carbocycles. The summed E-state index contributed by atoms with van der Waals surface area (Å²) < 4.78 is 0. The summed E-state index contributed by atoms with van der Waals surface area (Å²) in [5.74, 6) is -0.342. The summed E-state index contributed by atoms with van der Waals surface area (Å²) in [4.78, 5) is 26.2. The molecule has 1 aliphatic heterocycles. The predicted octanol–water partition coefficient (Wildman–Crippen LogP) is 2.99. The van der Waals surface area contributed by atoms with Gasteiger partial charge in [0.1, 0.15) is 5.54 Å². The monoisotopic (exact) mass is 296 g/mol. The van der Waals surface area contributed by atoms with Crippen LogP contribution >= 0.6 is 0 Å². The lowest BCUT2D eigenvalue weighted by atomic mass is 9.77. The van der Waals surface area contributed by atoms with Crippen LogP contribution in [-0.4, -0.2) is 39.6 Å². The summed E-state index contributed by atoms with van der Waals surface area (Å²) in [6.45, 7) is 6.27. The quantitative estimate of drug-likeness (QED) is 0.841. The normalized spacial score (nSPS) is 36.5. The van der Waals surface area contributed by atoms with Gasteiger partial charge >= 0.3 is 12.0 Å². The molecule has 2 amide bonds. The maximum atomic E-state index is 12.6. The van der Waals surface area contributed by atoms with Gasteiger partial charge in [0.25, 0.3) is 0 Å². The summed E-state index contributed by atoms with van der Waals surface area (Å²) in [5, 5.41) is 12.5. The van der Waals surface area contributed by atoms with Gasteiger partial charge in [0.15, 0.2) is 0 Å². The van der Waals surface area contributed by atoms with Crippen LogP contribution in [0, 0.1) is 5.92 Å². The minimum Gasteiger partial charge on any atom is -0.480 e. The SMILES string of the molecule is CCC1CCC(C)N1C(=O)NC1(C(=O)O)CCC(C)CC1. The summed E-state index contributed by atoms with van der Waals surface area (Å²) >= 11 is 0. The van der Waals surface area contributed by atoms with E-state index < -0.39 is 11.5 Å². The Balaban J connectivity index is 2.10. The second-order valence-electron chi connectivity index (χ2n) is 6.90. The molecule has 2 rings (SSSR count). The van der Waals surface area contributed by atoms with Crippen molar-refractivity contribution < 1.29 is 14.7 Å². The number of hydrogen-bond acceptors (Lipinski definition) is 2. The topological polar surface area (TPSA) is 69.6 Å². The minimum absolute atomic E-state index is 0.191. The molecule has 0 aromatic carbocycles. The smallest absolute Gasteiger partial charge is 0.329 e. The van der Waals surface area contributed by atoms with E-state index in [0.717, 1.165) is 32.1 Å². The molecule has 0 aromatic heterocycles. The number of amides is 2. The van der Waals surface area contributed by atoms with Crippen molar-refractivity contribution in [2.24, 2.45) is 5.92 Å². The third kappa shape index (κ3) is 3.16. The van der Waals surface area contributed by atoms with Crippen molar-refractivity contribution in [3.63, 3.8) is 0 Å². The average molecular weight is 296 g/mol. The Kier molecular flexibility index (Phi) is 4.79. The number of nitrogens with zero attached hydrogens (tertiary/aromatic N) is 1. The van der Waals surface area contributed by atoms with Crippen molar-refractivity contribution in [3.8, 4) is 0 Å². The second-order valence-corrected chi connectivity index (χ2v) is 6.90. The maximum absolute atomic E-state index is 12.6. The van der Waals surface area contributed by atoms with Crippen LogP contribution in [-0.2, 0) is 4.79 Å². The molecule has 5 heteroatoms. The number of likely N-dealkylation sites (tertiary alicyclic amines) is 1. The zero-order valence-electron chi connectivity index (χ0n) is 13.4. The highest BCUT2D eigenvalue weighted by Gasteiger charge is 2.45. The number of urea groups is 1. The first-order chi connectivity index (χ1) is 9.89. The lowest BCUT2D eigenvalue weighted by Gasteiger charge is -2.39. The average Bonchev–Trinajstić information content (AvgIpc) is 2.82. The largest absolute Gasteiger partial charge is 0.480 e. The molecule has 0 spiro atoms. The van der Waals surface area contributed by atoms with Crippen LogP contribution in [0.15, 0.2) is 0 Å². The molecule has 5 nitrogen and oxygen atoms in total. The zero-order chi connectivity index (χ0) is 15.6. The van der Waals surface area contributed by atoms with E-state index in [1.54, 1.807) is 0 Å². The van der Waals surface area contributed by atoms with Crippen LogP contribution in [0.2, 0.25) is 0 Å². The molecule has 1 heterocycles. The fraction of sp³-hybridized carbons (Fsp3) is 0.875. The summed E-state index contributed by atoms with van der Waals surface area (Å²) in [5.41, 5.74) is -1.07. The van der Waals surface area contributed by atoms with Gasteiger partial charge in [-0.25, -0.2) is 9.59 Å². The highest BCUT2D eigenvalue weighted by atomic mass is 16.4. The Morgan fingerprint density at radius 3 is 2.33 bits per heavy atom. The number of rotatable bonds is 3. The van der Waals surface area contributed by atoms with E-state index in [0.29, 0.717) is 18.8 Å². The van der Waals surface area contributed by atoms with E-state index >= 15 is 0 Å². The number of carbonyl (C=O) groups is 2. The molecular formula is C16H28N2O3. The number of carbonyl (C=O) groups excluding carboxylic acids is 1. The fourth-order valence-corrected chi connectivity index (χ4v) is 3.75. The minimum atomic E-state index is -1.07. The second kappa shape index (κ2) is 6.24. The lowest BCUT2D eigenvalue weighted by molar-refractivity contribution is -0.146. The van der Waals surface area contributed by atoms with Crippen LogP contribution < -0.4 is 5.32 Å². The molecule has 0 radical (unpaired) electrons. The van der Waals surface area contributed by atoms with Gasteiger partial charge in [-0.3, -0.25) is 0 Å². The fourth-order valence-electron chi connectivity index (χ4n) is 3.75. The first-order valence-electron chi connectivity index (χ1n) is 8.23. The third-order valence-electron chi connectivity index (χ3n) is 5.38. The van der Waals surface area contributed by atoms with Crippen LogP contribution in [0.4, 0.5) is 4.79 Å². The van der Waals surface area contributed by atoms with Crippen LogP contribution in [0.3, 0.4) is 0 Å². The van der Waals surface area contributed by atoms with E-state index in [2.05, 4.69) is 19.2 Å². The standard InChI is InChI=1S/C16H28N2O3/c1-4-13-6-5-12(3)18(13)15(21)17-16(14(19)20)9-7-11(2)8-10-16/h11-13H,4-10H2,1-3H3,(H,17,21)(H,19,20). The Morgan fingerprint density at radius 1 is 1.19 bits per heavy atom. The summed E-state index contributed by atoms with van der Waals surface area (Å²) in [6, 6.07) is 0.250. The van der Waals surface area contributed by atoms with Crippen molar-refractivity contribution in [1.29, 1.82) is 0 Å². The molecule has 2 N–H and O–H groups in total. The van der Waals surface area contributed by atoms with Crippen molar-refractivity contribution in [2.75, 3.05) is 0 Å². The van der Waals surface area contributed by atoms with Gasteiger partial charge in [0, 0.05) is 12.1 Å². The highest BCUT2D eigenvalue weighted by molar-refractivity contribution is 5.86. The Labute approximate surface area is 127 Å². The first kappa shape index (κ1) is 16.1. The Morgan fingerprint density at radius 2 is 1.81 bits per heavy atom. The van der Waals surface area contributed by atoms with Gasteiger partial charge in [-0.2, -0.15) is 0 Å². The van der Waals surface area contributed by atoms with Crippen molar-refractivity contribution in [3.05, 3.63) is 0 Å². The number of nitrogens with one attached hydrogen (secondary N) is 1. The molecule has 0 aromatic rings. The van der Waals surface area contributed by atoms with Gasteiger partial charge in [0.05, 0.1) is 0 Å². The van der Waals surface area contributed by atoms with E-state index in [4.69, 9.17) is 0 Å². The van der Waals surface area contributed by atoms with Crippen LogP contribution in [0.1, 0.15) is 65.7 Å². The van der Waals surface area contributed by atoms with Crippen molar-refractivity contribution in [2.45, 2.75) is 83.3 Å². The van der Waals surface area contributed by atoms with Gasteiger partial charge < -0.3 is 15.3 Å². The van der Waals surface area contributed by atoms with Crippen molar-refractivity contribution >= 4 is 12.0 Å². The molecule has 0 bridgehead atoms. The van der Waals surface area contributed by atoms with Gasteiger partial charge in [0.2, 0.25) is 0 Å². The van der Waals surface area contributed by atoms with Gasteiger partial charge in [-0.15, -0.1) is 0 Å². The number of carboxylic acids is 1. The molecule has 1 saturated heterocycles. The third-order valence-corrected chi connectivity index (χ3v) is 5.38. The molecule has 1 saturated carbocycles. The van der Waals surface area contributed by atoms with E-state index in [1.165, 1.54) is 0 Å². The number of hydrogen-bond donors (Lipinski definition) is 2. The van der Waals surface area contributed by atoms with E-state index in [1.807, 2.05) is 11.8 Å². The van der Waals surface area contributed by atoms with Crippen molar-refractivity contribution in [1.82, 2.24) is 10.2 Å². The predicted molar refractivity (Wildman–Crippen MR) is 81.1 cm³/mol. The first-order valence-corrected chi connectivity index (χ1v) is 8.23. The molecule has 2 fully saturated rings. The Hall–Kier alpha value is -1.26. The van der Waals surface area contributed by atoms with Crippen LogP contribution in [0.5, 0.6) is 0 Å². The lowest BCUT2D eigenvalue weighted by Crippen LogP contribution is -2.60. The summed E-state index contributed by atoms with van der Waals surface area (Å²) in [7, 11) is 0. The van der Waals surface area contributed by atoms with Gasteiger partial charge in [-0.05, 0) is 57.8 Å². The van der Waals surface area contributed by atoms with E-state index in [-0.39, 0.29) is 18.1 Å². The maximum Gasteiger partial charge on any atom is 0.329 e. The molecule has 2 atom stereocenters. The van der Waals surface area contributed by atoms with Crippen LogP contribution in [0.25, 0.3) is 0 Å². The summed E-state index contributed by atoms with van der Waals surface area (Å²) in [6.07, 6.45) is 5.74. The number of carboxylic acid groups (broad SMARTS) is 1. The molecule has 21 heavy (non-hydrogen) atoms. The Bertz CT molecular complexity index is 402.